The lowest BCUT2D eigenvalue weighted by Gasteiger charge is -2.51. The average molecular weight is 282 g/mol. The van der Waals surface area contributed by atoms with Gasteiger partial charge in [0.25, 0.3) is 0 Å². The molecule has 20 heavy (non-hydrogen) atoms. The molecule has 0 aromatic heterocycles. The Balaban J connectivity index is 1.97. The van der Waals surface area contributed by atoms with Crippen LogP contribution in [-0.4, -0.2) is 43.3 Å². The number of hydrogen-bond donors (Lipinski definition) is 1. The van der Waals surface area contributed by atoms with Crippen LogP contribution in [0.2, 0.25) is 0 Å². The van der Waals surface area contributed by atoms with Gasteiger partial charge < -0.3 is 10.5 Å². The zero-order chi connectivity index (χ0) is 14.8. The van der Waals surface area contributed by atoms with Crippen molar-refractivity contribution in [3.05, 3.63) is 0 Å². The van der Waals surface area contributed by atoms with Gasteiger partial charge in [-0.1, -0.05) is 13.8 Å². The largest absolute Gasteiger partial charge is 0.381 e. The fraction of sp³-hybridized carbons (Fsp3) is 1.00. The van der Waals surface area contributed by atoms with Gasteiger partial charge in [0.2, 0.25) is 0 Å². The molecule has 0 unspecified atom stereocenters. The molecular weight excluding hydrogens is 248 g/mol. The second kappa shape index (κ2) is 6.33. The molecule has 3 nitrogen and oxygen atoms in total. The first-order chi connectivity index (χ1) is 9.42. The number of methoxy groups -OCH3 is 1. The van der Waals surface area contributed by atoms with Gasteiger partial charge in [-0.2, -0.15) is 0 Å². The Morgan fingerprint density at radius 2 is 1.60 bits per heavy atom. The van der Waals surface area contributed by atoms with Crippen molar-refractivity contribution in [3.63, 3.8) is 0 Å². The summed E-state index contributed by atoms with van der Waals surface area (Å²) in [6.07, 6.45) is 10.5. The Kier molecular flexibility index (Phi) is 5.14. The molecule has 0 radical (unpaired) electrons. The Morgan fingerprint density at radius 3 is 2.05 bits per heavy atom. The fourth-order valence-corrected chi connectivity index (χ4v) is 4.22. The molecule has 2 fully saturated rings. The van der Waals surface area contributed by atoms with E-state index in [0.29, 0.717) is 11.5 Å². The van der Waals surface area contributed by atoms with E-state index in [4.69, 9.17) is 10.5 Å². The van der Waals surface area contributed by atoms with Gasteiger partial charge in [-0.25, -0.2) is 0 Å². The molecule has 2 N–H and O–H groups in total. The fourth-order valence-electron chi connectivity index (χ4n) is 4.22. The summed E-state index contributed by atoms with van der Waals surface area (Å²) in [5, 5.41) is 0. The van der Waals surface area contributed by atoms with Gasteiger partial charge in [0.1, 0.15) is 0 Å². The molecule has 2 rings (SSSR count). The van der Waals surface area contributed by atoms with Crippen LogP contribution >= 0.6 is 0 Å². The van der Waals surface area contributed by atoms with Crippen LogP contribution in [0.1, 0.15) is 65.2 Å². The second-order valence-corrected chi connectivity index (χ2v) is 7.87. The summed E-state index contributed by atoms with van der Waals surface area (Å²) in [5.41, 5.74) is 6.97. The molecule has 0 bridgehead atoms. The summed E-state index contributed by atoms with van der Waals surface area (Å²) in [7, 11) is 4.16. The van der Waals surface area contributed by atoms with Crippen LogP contribution in [0.3, 0.4) is 0 Å². The predicted octanol–water partition coefficient (Wildman–Crippen LogP) is 3.17. The van der Waals surface area contributed by atoms with Crippen LogP contribution in [-0.2, 0) is 4.74 Å². The molecule has 0 aromatic carbocycles. The van der Waals surface area contributed by atoms with Crippen molar-refractivity contribution in [2.24, 2.45) is 11.1 Å². The van der Waals surface area contributed by atoms with E-state index >= 15 is 0 Å². The van der Waals surface area contributed by atoms with Crippen molar-refractivity contribution in [2.45, 2.75) is 82.9 Å². The van der Waals surface area contributed by atoms with E-state index in [1.54, 1.807) is 0 Å². The number of ether oxygens (including phenoxy) is 1. The molecule has 0 saturated heterocycles. The number of rotatable bonds is 4. The smallest absolute Gasteiger partial charge is 0.0572 e. The maximum atomic E-state index is 6.20. The molecule has 2 aliphatic carbocycles. The topological polar surface area (TPSA) is 38.5 Å². The lowest BCUT2D eigenvalue weighted by Crippen LogP contribution is -2.58. The number of nitrogens with two attached hydrogens (primary N) is 1. The van der Waals surface area contributed by atoms with Crippen molar-refractivity contribution in [2.75, 3.05) is 20.7 Å². The van der Waals surface area contributed by atoms with Gasteiger partial charge >= 0.3 is 0 Å². The highest BCUT2D eigenvalue weighted by molar-refractivity contribution is 4.98. The molecule has 3 heteroatoms. The lowest BCUT2D eigenvalue weighted by atomic mass is 9.72. The molecule has 118 valence electrons. The Labute approximate surface area is 125 Å². The minimum absolute atomic E-state index is 0.223. The van der Waals surface area contributed by atoms with Crippen LogP contribution in [0.15, 0.2) is 0 Å². The summed E-state index contributed by atoms with van der Waals surface area (Å²) in [6.45, 7) is 5.61. The van der Waals surface area contributed by atoms with Crippen molar-refractivity contribution in [1.29, 1.82) is 0 Å². The van der Waals surface area contributed by atoms with Crippen LogP contribution in [0.25, 0.3) is 0 Å². The minimum atomic E-state index is 0.223. The quantitative estimate of drug-likeness (QED) is 0.860. The molecule has 0 aliphatic heterocycles. The van der Waals surface area contributed by atoms with E-state index < -0.39 is 0 Å². The summed E-state index contributed by atoms with van der Waals surface area (Å²) >= 11 is 0. The molecule has 0 aromatic rings. The van der Waals surface area contributed by atoms with Crippen molar-refractivity contribution < 1.29 is 4.74 Å². The number of hydrogen-bond acceptors (Lipinski definition) is 3. The molecule has 0 heterocycles. The third-order valence-corrected chi connectivity index (χ3v) is 6.18. The second-order valence-electron chi connectivity index (χ2n) is 7.87. The summed E-state index contributed by atoms with van der Waals surface area (Å²) in [6, 6.07) is 0.727. The Morgan fingerprint density at radius 1 is 1.05 bits per heavy atom. The van der Waals surface area contributed by atoms with E-state index in [1.165, 1.54) is 38.5 Å². The van der Waals surface area contributed by atoms with Crippen molar-refractivity contribution in [1.82, 2.24) is 4.90 Å². The van der Waals surface area contributed by atoms with E-state index in [0.717, 1.165) is 25.4 Å². The van der Waals surface area contributed by atoms with Gasteiger partial charge in [-0.15, -0.1) is 0 Å². The summed E-state index contributed by atoms with van der Waals surface area (Å²) < 4.78 is 5.52. The maximum absolute atomic E-state index is 6.20. The first-order valence-corrected chi connectivity index (χ1v) is 8.38. The minimum Gasteiger partial charge on any atom is -0.381 e. The van der Waals surface area contributed by atoms with Crippen LogP contribution in [0, 0.1) is 5.41 Å². The van der Waals surface area contributed by atoms with Gasteiger partial charge in [-0.3, -0.25) is 4.90 Å². The highest BCUT2D eigenvalue weighted by Crippen LogP contribution is 2.41. The highest BCUT2D eigenvalue weighted by Gasteiger charge is 2.41. The Hall–Kier alpha value is -0.120. The van der Waals surface area contributed by atoms with Crippen molar-refractivity contribution in [3.8, 4) is 0 Å². The van der Waals surface area contributed by atoms with Crippen LogP contribution < -0.4 is 5.73 Å². The number of likely N-dealkylation sites (N-methyl/N-ethyl adjacent to an activating group) is 1. The molecule has 0 spiro atoms. The zero-order valence-corrected chi connectivity index (χ0v) is 14.0. The molecule has 0 atom stereocenters. The standard InChI is InChI=1S/C17H34N2O/c1-16(2)9-5-14(6-10-16)19(3)17(13-18)11-7-15(20-4)8-12-17/h14-15H,5-13,18H2,1-4H3. The third kappa shape index (κ3) is 3.37. The average Bonchev–Trinajstić information content (AvgIpc) is 2.46. The van der Waals surface area contributed by atoms with Gasteiger partial charge in [0, 0.05) is 25.2 Å². The lowest BCUT2D eigenvalue weighted by molar-refractivity contribution is -0.0261. The van der Waals surface area contributed by atoms with Crippen LogP contribution in [0.5, 0.6) is 0 Å². The monoisotopic (exact) mass is 282 g/mol. The molecule has 2 aliphatic rings. The third-order valence-electron chi connectivity index (χ3n) is 6.18. The van der Waals surface area contributed by atoms with E-state index in [1.807, 2.05) is 7.11 Å². The van der Waals surface area contributed by atoms with Gasteiger partial charge in [0.05, 0.1) is 6.10 Å². The van der Waals surface area contributed by atoms with Crippen molar-refractivity contribution >= 4 is 0 Å². The summed E-state index contributed by atoms with van der Waals surface area (Å²) in [5.74, 6) is 0. The highest BCUT2D eigenvalue weighted by atomic mass is 16.5. The zero-order valence-electron chi connectivity index (χ0n) is 14.0. The normalized spacial score (nSPS) is 35.4. The van der Waals surface area contributed by atoms with E-state index in [-0.39, 0.29) is 5.54 Å². The molecule has 0 amide bonds. The molecule has 2 saturated carbocycles. The first-order valence-electron chi connectivity index (χ1n) is 8.38. The van der Waals surface area contributed by atoms with Gasteiger partial charge in [0.15, 0.2) is 0 Å². The summed E-state index contributed by atoms with van der Waals surface area (Å²) in [4.78, 5) is 2.65. The molecular formula is C17H34N2O. The van der Waals surface area contributed by atoms with Gasteiger partial charge in [-0.05, 0) is 63.8 Å². The van der Waals surface area contributed by atoms with E-state index in [2.05, 4.69) is 25.8 Å². The maximum Gasteiger partial charge on any atom is 0.0572 e. The van der Waals surface area contributed by atoms with E-state index in [9.17, 15) is 0 Å². The Bertz CT molecular complexity index is 298. The first kappa shape index (κ1) is 16.3. The number of nitrogens with zero attached hydrogens (tertiary/aromatic N) is 1. The SMILES string of the molecule is COC1CCC(CN)(N(C)C2CCC(C)(C)CC2)CC1. The van der Waals surface area contributed by atoms with Crippen LogP contribution in [0.4, 0.5) is 0 Å². The predicted molar refractivity (Wildman–Crippen MR) is 84.9 cm³/mol.